The lowest BCUT2D eigenvalue weighted by Gasteiger charge is -2.08. The Morgan fingerprint density at radius 1 is 1.10 bits per heavy atom. The van der Waals surface area contributed by atoms with Crippen LogP contribution in [-0.2, 0) is 6.42 Å². The first-order chi connectivity index (χ1) is 10.1. The van der Waals surface area contributed by atoms with Gasteiger partial charge < -0.3 is 0 Å². The molecule has 0 saturated heterocycles. The van der Waals surface area contributed by atoms with Crippen molar-refractivity contribution in [3.8, 4) is 0 Å². The van der Waals surface area contributed by atoms with E-state index in [1.165, 1.54) is 24.0 Å². The molecule has 0 N–H and O–H groups in total. The molecule has 0 amide bonds. The van der Waals surface area contributed by atoms with Gasteiger partial charge in [0.1, 0.15) is 0 Å². The van der Waals surface area contributed by atoms with Crippen LogP contribution in [0, 0.1) is 0 Å². The minimum absolute atomic E-state index is 0.207. The van der Waals surface area contributed by atoms with E-state index in [0.717, 1.165) is 17.0 Å². The van der Waals surface area contributed by atoms with Crippen molar-refractivity contribution in [1.29, 1.82) is 0 Å². The molecule has 0 radical (unpaired) electrons. The van der Waals surface area contributed by atoms with Crippen molar-refractivity contribution in [2.45, 2.75) is 44.9 Å². The molecular formula is C20H22O. The van der Waals surface area contributed by atoms with Gasteiger partial charge in [-0.3, -0.25) is 4.79 Å². The normalized spacial score (nSPS) is 14.4. The van der Waals surface area contributed by atoms with Crippen molar-refractivity contribution < 1.29 is 4.79 Å². The molecule has 1 heteroatoms. The number of carbonyl (C=O) groups excluding carboxylic acids is 1. The highest BCUT2D eigenvalue weighted by molar-refractivity contribution is 5.97. The minimum atomic E-state index is 0.207. The zero-order valence-electron chi connectivity index (χ0n) is 12.8. The molecule has 1 aliphatic rings. The van der Waals surface area contributed by atoms with Crippen LogP contribution in [-0.4, -0.2) is 5.78 Å². The summed E-state index contributed by atoms with van der Waals surface area (Å²) in [4.78, 5) is 12.4. The molecule has 2 aromatic carbocycles. The summed E-state index contributed by atoms with van der Waals surface area (Å²) in [5.41, 5.74) is 4.62. The Morgan fingerprint density at radius 3 is 2.43 bits per heavy atom. The third-order valence-electron chi connectivity index (χ3n) is 4.26. The number of rotatable bonds is 5. The molecule has 0 spiro atoms. The van der Waals surface area contributed by atoms with Crippen molar-refractivity contribution in [3.63, 3.8) is 0 Å². The smallest absolute Gasteiger partial charge is 0.167 e. The van der Waals surface area contributed by atoms with E-state index in [2.05, 4.69) is 38.1 Å². The van der Waals surface area contributed by atoms with Gasteiger partial charge in [0.25, 0.3) is 0 Å². The van der Waals surface area contributed by atoms with Gasteiger partial charge in [-0.15, -0.1) is 0 Å². The van der Waals surface area contributed by atoms with Gasteiger partial charge in [-0.1, -0.05) is 62.4 Å². The minimum Gasteiger partial charge on any atom is -0.294 e. The van der Waals surface area contributed by atoms with Crippen LogP contribution in [0.2, 0.25) is 0 Å². The number of benzene rings is 2. The molecule has 3 rings (SSSR count). The second-order valence-corrected chi connectivity index (χ2v) is 6.40. The molecule has 0 aromatic heterocycles. The first-order valence-electron chi connectivity index (χ1n) is 7.85. The summed E-state index contributed by atoms with van der Waals surface area (Å²) in [5.74, 6) is 1.45. The third-order valence-corrected chi connectivity index (χ3v) is 4.26. The number of hydrogen-bond acceptors (Lipinski definition) is 1. The van der Waals surface area contributed by atoms with E-state index in [1.807, 2.05) is 24.3 Å². The third kappa shape index (κ3) is 3.41. The Kier molecular flexibility index (Phi) is 3.92. The van der Waals surface area contributed by atoms with E-state index in [4.69, 9.17) is 0 Å². The molecular weight excluding hydrogens is 256 g/mol. The standard InChI is InChI=1S/C20H22O/c1-14(2)19-5-3-4-15(12-19)13-20(21)18-10-8-17(9-11-18)16-6-7-16/h3-5,8-12,14,16H,6-7,13H2,1-2H3. The molecule has 0 atom stereocenters. The van der Waals surface area contributed by atoms with Gasteiger partial charge in [-0.05, 0) is 41.4 Å². The Bertz CT molecular complexity index is 633. The molecule has 0 heterocycles. The van der Waals surface area contributed by atoms with Crippen molar-refractivity contribution in [1.82, 2.24) is 0 Å². The van der Waals surface area contributed by atoms with Gasteiger partial charge in [0, 0.05) is 12.0 Å². The first kappa shape index (κ1) is 14.1. The van der Waals surface area contributed by atoms with Gasteiger partial charge in [-0.25, -0.2) is 0 Å². The van der Waals surface area contributed by atoms with Crippen molar-refractivity contribution in [3.05, 3.63) is 70.8 Å². The van der Waals surface area contributed by atoms with Crippen molar-refractivity contribution in [2.24, 2.45) is 0 Å². The summed E-state index contributed by atoms with van der Waals surface area (Å²) >= 11 is 0. The molecule has 0 bridgehead atoms. The molecule has 1 fully saturated rings. The number of carbonyl (C=O) groups is 1. The second kappa shape index (κ2) is 5.85. The number of Topliss-reactive ketones (excluding diaryl/α,β-unsaturated/α-hetero) is 1. The largest absolute Gasteiger partial charge is 0.294 e. The zero-order valence-corrected chi connectivity index (χ0v) is 12.8. The van der Waals surface area contributed by atoms with Gasteiger partial charge in [0.15, 0.2) is 5.78 Å². The Morgan fingerprint density at radius 2 is 1.81 bits per heavy atom. The number of ketones is 1. The first-order valence-corrected chi connectivity index (χ1v) is 7.85. The van der Waals surface area contributed by atoms with E-state index in [-0.39, 0.29) is 5.78 Å². The zero-order chi connectivity index (χ0) is 14.8. The molecule has 1 aliphatic carbocycles. The summed E-state index contributed by atoms with van der Waals surface area (Å²) in [6.07, 6.45) is 3.09. The topological polar surface area (TPSA) is 17.1 Å². The van der Waals surface area contributed by atoms with Crippen molar-refractivity contribution in [2.75, 3.05) is 0 Å². The number of hydrogen-bond donors (Lipinski definition) is 0. The fourth-order valence-corrected chi connectivity index (χ4v) is 2.71. The van der Waals surface area contributed by atoms with Crippen LogP contribution in [0.25, 0.3) is 0 Å². The lowest BCUT2D eigenvalue weighted by atomic mass is 9.96. The van der Waals surface area contributed by atoms with Crippen LogP contribution in [0.15, 0.2) is 48.5 Å². The maximum absolute atomic E-state index is 12.4. The summed E-state index contributed by atoms with van der Waals surface area (Å²) in [6.45, 7) is 4.36. The highest BCUT2D eigenvalue weighted by Gasteiger charge is 2.23. The SMILES string of the molecule is CC(C)c1cccc(CC(=O)c2ccc(C3CC3)cc2)c1. The predicted octanol–water partition coefficient (Wildman–Crippen LogP) is 5.11. The van der Waals surface area contributed by atoms with Crippen molar-refractivity contribution >= 4 is 5.78 Å². The molecule has 2 aromatic rings. The lowest BCUT2D eigenvalue weighted by molar-refractivity contribution is 0.0993. The highest BCUT2D eigenvalue weighted by Crippen LogP contribution is 2.39. The maximum atomic E-state index is 12.4. The van der Waals surface area contributed by atoms with Crippen LogP contribution >= 0.6 is 0 Å². The lowest BCUT2D eigenvalue weighted by Crippen LogP contribution is -2.04. The van der Waals surface area contributed by atoms with Gasteiger partial charge in [0.05, 0.1) is 0 Å². The van der Waals surface area contributed by atoms with E-state index in [0.29, 0.717) is 12.3 Å². The van der Waals surface area contributed by atoms with Crippen LogP contribution in [0.5, 0.6) is 0 Å². The van der Waals surface area contributed by atoms with Gasteiger partial charge in [0.2, 0.25) is 0 Å². The summed E-state index contributed by atoms with van der Waals surface area (Å²) in [6, 6.07) is 16.6. The monoisotopic (exact) mass is 278 g/mol. The van der Waals surface area contributed by atoms with E-state index in [9.17, 15) is 4.79 Å². The van der Waals surface area contributed by atoms with Gasteiger partial charge in [-0.2, -0.15) is 0 Å². The maximum Gasteiger partial charge on any atom is 0.167 e. The van der Waals surface area contributed by atoms with E-state index in [1.54, 1.807) is 0 Å². The fourth-order valence-electron chi connectivity index (χ4n) is 2.71. The Balaban J connectivity index is 1.71. The predicted molar refractivity (Wildman–Crippen MR) is 87.0 cm³/mol. The molecule has 1 saturated carbocycles. The van der Waals surface area contributed by atoms with Crippen LogP contribution in [0.3, 0.4) is 0 Å². The molecule has 0 aliphatic heterocycles. The highest BCUT2D eigenvalue weighted by atomic mass is 16.1. The van der Waals surface area contributed by atoms with Gasteiger partial charge >= 0.3 is 0 Å². The van der Waals surface area contributed by atoms with Crippen LogP contribution < -0.4 is 0 Å². The Hall–Kier alpha value is -1.89. The van der Waals surface area contributed by atoms with E-state index >= 15 is 0 Å². The van der Waals surface area contributed by atoms with Crippen LogP contribution in [0.1, 0.15) is 65.6 Å². The molecule has 1 nitrogen and oxygen atoms in total. The molecule has 0 unspecified atom stereocenters. The van der Waals surface area contributed by atoms with E-state index < -0.39 is 0 Å². The average Bonchev–Trinajstić information content (AvgIpc) is 3.32. The summed E-state index contributed by atoms with van der Waals surface area (Å²) in [7, 11) is 0. The fraction of sp³-hybridized carbons (Fsp3) is 0.350. The second-order valence-electron chi connectivity index (χ2n) is 6.40. The Labute approximate surface area is 127 Å². The molecule has 21 heavy (non-hydrogen) atoms. The quantitative estimate of drug-likeness (QED) is 0.694. The molecule has 108 valence electrons. The van der Waals surface area contributed by atoms with Crippen LogP contribution in [0.4, 0.5) is 0 Å². The summed E-state index contributed by atoms with van der Waals surface area (Å²) in [5, 5.41) is 0. The average molecular weight is 278 g/mol. The summed E-state index contributed by atoms with van der Waals surface area (Å²) < 4.78 is 0.